The summed E-state index contributed by atoms with van der Waals surface area (Å²) in [6, 6.07) is 9.81. The molecule has 20 heavy (non-hydrogen) atoms. The van der Waals surface area contributed by atoms with Crippen LogP contribution in [0.25, 0.3) is 11.1 Å². The predicted octanol–water partition coefficient (Wildman–Crippen LogP) is 2.42. The highest BCUT2D eigenvalue weighted by Crippen LogP contribution is 2.31. The van der Waals surface area contributed by atoms with Crippen LogP contribution in [0.2, 0.25) is 0 Å². The number of amides is 1. The van der Waals surface area contributed by atoms with E-state index in [0.29, 0.717) is 5.56 Å². The van der Waals surface area contributed by atoms with Crippen LogP contribution in [-0.2, 0) is 6.42 Å². The van der Waals surface area contributed by atoms with Gasteiger partial charge in [-0.3, -0.25) is 4.79 Å². The van der Waals surface area contributed by atoms with Crippen molar-refractivity contribution in [3.8, 4) is 11.1 Å². The molecule has 0 atom stereocenters. The molecule has 4 heteroatoms. The summed E-state index contributed by atoms with van der Waals surface area (Å²) in [5.41, 5.74) is 4.30. The fourth-order valence-electron chi connectivity index (χ4n) is 2.52. The molecule has 0 saturated carbocycles. The van der Waals surface area contributed by atoms with Crippen LogP contribution in [-0.4, -0.2) is 36.4 Å². The van der Waals surface area contributed by atoms with Gasteiger partial charge >= 0.3 is 0 Å². The summed E-state index contributed by atoms with van der Waals surface area (Å²) in [5.74, 6) is 1.01. The van der Waals surface area contributed by atoms with Crippen molar-refractivity contribution in [2.24, 2.45) is 0 Å². The highest BCUT2D eigenvalue weighted by atomic mass is 16.2. The van der Waals surface area contributed by atoms with E-state index in [-0.39, 0.29) is 5.91 Å². The molecule has 2 heterocycles. The average Bonchev–Trinajstić information content (AvgIpc) is 2.95. The third kappa shape index (κ3) is 2.13. The molecule has 0 bridgehead atoms. The first-order chi connectivity index (χ1) is 9.66. The molecule has 0 spiro atoms. The van der Waals surface area contributed by atoms with Crippen molar-refractivity contribution in [3.63, 3.8) is 0 Å². The summed E-state index contributed by atoms with van der Waals surface area (Å²) >= 11 is 0. The summed E-state index contributed by atoms with van der Waals surface area (Å²) in [5, 5.41) is 3.28. The van der Waals surface area contributed by atoms with Crippen LogP contribution < -0.4 is 5.32 Å². The topological polar surface area (TPSA) is 45.2 Å². The number of carbonyl (C=O) groups is 1. The normalized spacial score (nSPS) is 12.7. The molecule has 1 amide bonds. The molecular formula is C16H17N3O. The van der Waals surface area contributed by atoms with E-state index in [1.165, 1.54) is 11.1 Å². The van der Waals surface area contributed by atoms with E-state index in [1.807, 2.05) is 36.5 Å². The number of fused-ring (bicyclic) bond motifs is 1. The maximum atomic E-state index is 11.9. The monoisotopic (exact) mass is 267 g/mol. The Morgan fingerprint density at radius 2 is 1.95 bits per heavy atom. The molecule has 0 saturated heterocycles. The Labute approximate surface area is 118 Å². The van der Waals surface area contributed by atoms with Crippen molar-refractivity contribution >= 4 is 11.7 Å². The van der Waals surface area contributed by atoms with Crippen molar-refractivity contribution < 1.29 is 4.79 Å². The van der Waals surface area contributed by atoms with E-state index in [1.54, 1.807) is 19.0 Å². The lowest BCUT2D eigenvalue weighted by Crippen LogP contribution is -2.21. The summed E-state index contributed by atoms with van der Waals surface area (Å²) in [7, 11) is 3.52. The lowest BCUT2D eigenvalue weighted by atomic mass is 9.99. The zero-order chi connectivity index (χ0) is 14.1. The lowest BCUT2D eigenvalue weighted by molar-refractivity contribution is 0.0827. The van der Waals surface area contributed by atoms with E-state index >= 15 is 0 Å². The van der Waals surface area contributed by atoms with Gasteiger partial charge in [-0.05, 0) is 35.7 Å². The van der Waals surface area contributed by atoms with Crippen molar-refractivity contribution in [2.45, 2.75) is 6.42 Å². The van der Waals surface area contributed by atoms with Gasteiger partial charge in [0, 0.05) is 38.0 Å². The number of nitrogens with zero attached hydrogens (tertiary/aromatic N) is 2. The maximum absolute atomic E-state index is 11.9. The first-order valence-corrected chi connectivity index (χ1v) is 6.70. The molecule has 0 aliphatic carbocycles. The summed E-state index contributed by atoms with van der Waals surface area (Å²) in [6.45, 7) is 0.941. The van der Waals surface area contributed by atoms with Crippen LogP contribution >= 0.6 is 0 Å². The Morgan fingerprint density at radius 3 is 2.65 bits per heavy atom. The van der Waals surface area contributed by atoms with Crippen LogP contribution in [0.15, 0.2) is 36.5 Å². The Bertz CT molecular complexity index is 647. The van der Waals surface area contributed by atoms with E-state index in [9.17, 15) is 4.79 Å². The van der Waals surface area contributed by atoms with E-state index in [2.05, 4.69) is 10.3 Å². The Balaban J connectivity index is 1.96. The molecule has 1 aromatic heterocycles. The van der Waals surface area contributed by atoms with Crippen molar-refractivity contribution in [2.75, 3.05) is 26.0 Å². The van der Waals surface area contributed by atoms with Crippen molar-refractivity contribution in [1.29, 1.82) is 0 Å². The summed E-state index contributed by atoms with van der Waals surface area (Å²) in [4.78, 5) is 17.8. The molecule has 0 unspecified atom stereocenters. The minimum absolute atomic E-state index is 0.0261. The van der Waals surface area contributed by atoms with Gasteiger partial charge in [-0.25, -0.2) is 4.98 Å². The Hall–Kier alpha value is -2.36. The van der Waals surface area contributed by atoms with Crippen LogP contribution in [0, 0.1) is 0 Å². The lowest BCUT2D eigenvalue weighted by Gasteiger charge is -2.11. The van der Waals surface area contributed by atoms with Gasteiger partial charge in [0.25, 0.3) is 5.91 Å². The van der Waals surface area contributed by atoms with E-state index in [0.717, 1.165) is 24.3 Å². The van der Waals surface area contributed by atoms with Gasteiger partial charge in [-0.15, -0.1) is 0 Å². The molecule has 3 rings (SSSR count). The summed E-state index contributed by atoms with van der Waals surface area (Å²) < 4.78 is 0. The fraction of sp³-hybridized carbons (Fsp3) is 0.250. The largest absolute Gasteiger partial charge is 0.369 e. The molecule has 2 aromatic rings. The summed E-state index contributed by atoms with van der Waals surface area (Å²) in [6.07, 6.45) is 2.82. The van der Waals surface area contributed by atoms with Crippen LogP contribution in [0.3, 0.4) is 0 Å². The number of benzene rings is 1. The van der Waals surface area contributed by atoms with Gasteiger partial charge in [-0.2, -0.15) is 0 Å². The predicted molar refractivity (Wildman–Crippen MR) is 79.9 cm³/mol. The number of rotatable bonds is 2. The second-order valence-electron chi connectivity index (χ2n) is 5.14. The van der Waals surface area contributed by atoms with E-state index < -0.39 is 0 Å². The molecule has 1 aliphatic rings. The number of pyridine rings is 1. The zero-order valence-corrected chi connectivity index (χ0v) is 11.7. The van der Waals surface area contributed by atoms with Crippen molar-refractivity contribution in [1.82, 2.24) is 9.88 Å². The van der Waals surface area contributed by atoms with E-state index in [4.69, 9.17) is 0 Å². The number of anilines is 1. The number of aromatic nitrogens is 1. The number of hydrogen-bond donors (Lipinski definition) is 1. The molecular weight excluding hydrogens is 250 g/mol. The highest BCUT2D eigenvalue weighted by Gasteiger charge is 2.16. The third-order valence-corrected chi connectivity index (χ3v) is 3.57. The minimum Gasteiger partial charge on any atom is -0.369 e. The molecule has 1 N–H and O–H groups in total. The standard InChI is InChI=1S/C16H17N3O/c1-19(2)16(20)12-5-3-11(4-6-12)13-7-9-17-15-14(13)8-10-18-15/h3-7,9H,8,10H2,1-2H3,(H,17,18). The molecule has 1 aliphatic heterocycles. The van der Waals surface area contributed by atoms with Crippen LogP contribution in [0.1, 0.15) is 15.9 Å². The molecule has 102 valence electrons. The SMILES string of the molecule is CN(C)C(=O)c1ccc(-c2ccnc3c2CCN3)cc1. The van der Waals surface area contributed by atoms with Gasteiger partial charge in [0.15, 0.2) is 0 Å². The number of hydrogen-bond acceptors (Lipinski definition) is 3. The van der Waals surface area contributed by atoms with Gasteiger partial charge in [0.05, 0.1) is 0 Å². The molecule has 0 radical (unpaired) electrons. The van der Waals surface area contributed by atoms with Gasteiger partial charge in [-0.1, -0.05) is 12.1 Å². The maximum Gasteiger partial charge on any atom is 0.253 e. The molecule has 0 fully saturated rings. The first-order valence-electron chi connectivity index (χ1n) is 6.70. The number of carbonyl (C=O) groups excluding carboxylic acids is 1. The first kappa shape index (κ1) is 12.7. The Kier molecular flexibility index (Phi) is 3.14. The third-order valence-electron chi connectivity index (χ3n) is 3.57. The fourth-order valence-corrected chi connectivity index (χ4v) is 2.52. The Morgan fingerprint density at radius 1 is 1.20 bits per heavy atom. The second-order valence-corrected chi connectivity index (χ2v) is 5.14. The van der Waals surface area contributed by atoms with Crippen LogP contribution in [0.4, 0.5) is 5.82 Å². The highest BCUT2D eigenvalue weighted by molar-refractivity contribution is 5.94. The van der Waals surface area contributed by atoms with Crippen molar-refractivity contribution in [3.05, 3.63) is 47.7 Å². The smallest absolute Gasteiger partial charge is 0.253 e. The van der Waals surface area contributed by atoms with Gasteiger partial charge < -0.3 is 10.2 Å². The quantitative estimate of drug-likeness (QED) is 0.909. The molecule has 4 nitrogen and oxygen atoms in total. The zero-order valence-electron chi connectivity index (χ0n) is 11.7. The van der Waals surface area contributed by atoms with Gasteiger partial charge in [0.1, 0.15) is 5.82 Å². The second kappa shape index (κ2) is 4.96. The van der Waals surface area contributed by atoms with Gasteiger partial charge in [0.2, 0.25) is 0 Å². The minimum atomic E-state index is 0.0261. The number of nitrogens with one attached hydrogen (secondary N) is 1. The molecule has 1 aromatic carbocycles. The average molecular weight is 267 g/mol. The van der Waals surface area contributed by atoms with Crippen LogP contribution in [0.5, 0.6) is 0 Å².